The van der Waals surface area contributed by atoms with Crippen LogP contribution < -0.4 is 5.32 Å². The summed E-state index contributed by atoms with van der Waals surface area (Å²) in [7, 11) is 0. The molecule has 0 spiro atoms. The summed E-state index contributed by atoms with van der Waals surface area (Å²) >= 11 is 4.93. The molecule has 2 aromatic rings. The number of rotatable bonds is 4. The van der Waals surface area contributed by atoms with Crippen molar-refractivity contribution in [1.82, 2.24) is 4.98 Å². The third-order valence-corrected chi connectivity index (χ3v) is 3.25. The van der Waals surface area contributed by atoms with E-state index in [9.17, 15) is 5.11 Å². The molecule has 0 amide bonds. The lowest BCUT2D eigenvalue weighted by Crippen LogP contribution is -2.15. The first-order valence-corrected chi connectivity index (χ1v) is 6.54. The van der Waals surface area contributed by atoms with E-state index < -0.39 is 0 Å². The highest BCUT2D eigenvalue weighted by Crippen LogP contribution is 2.21. The molecule has 0 aliphatic carbocycles. The molecule has 84 valence electrons. The normalized spacial score (nSPS) is 12.4. The maximum Gasteiger partial charge on any atom is 0.0926 e. The lowest BCUT2D eigenvalue weighted by atomic mass is 10.2. The Bertz CT molecular complexity index is 447. The number of halogens is 1. The van der Waals surface area contributed by atoms with Crippen LogP contribution in [0.3, 0.4) is 0 Å². The fourth-order valence-electron chi connectivity index (χ4n) is 1.39. The van der Waals surface area contributed by atoms with Gasteiger partial charge in [0.15, 0.2) is 0 Å². The summed E-state index contributed by atoms with van der Waals surface area (Å²) in [6.07, 6.45) is 0. The molecule has 1 heterocycles. The van der Waals surface area contributed by atoms with Crippen LogP contribution in [0, 0.1) is 0 Å². The van der Waals surface area contributed by atoms with Crippen molar-refractivity contribution in [2.24, 2.45) is 0 Å². The van der Waals surface area contributed by atoms with E-state index in [0.29, 0.717) is 0 Å². The molecular formula is C11H11BrN2OS. The molecule has 1 atom stereocenters. The summed E-state index contributed by atoms with van der Waals surface area (Å²) in [6.45, 7) is 0.0241. The van der Waals surface area contributed by atoms with E-state index in [0.717, 1.165) is 15.9 Å². The van der Waals surface area contributed by atoms with Crippen LogP contribution in [0.5, 0.6) is 0 Å². The zero-order chi connectivity index (χ0) is 11.4. The third-order valence-electron chi connectivity index (χ3n) is 2.16. The summed E-state index contributed by atoms with van der Waals surface area (Å²) in [6, 6.07) is 7.68. The van der Waals surface area contributed by atoms with Gasteiger partial charge in [-0.3, -0.25) is 0 Å². The van der Waals surface area contributed by atoms with Gasteiger partial charge < -0.3 is 10.4 Å². The van der Waals surface area contributed by atoms with Gasteiger partial charge in [0.2, 0.25) is 0 Å². The number of aromatic nitrogens is 1. The largest absolute Gasteiger partial charge is 0.394 e. The highest BCUT2D eigenvalue weighted by molar-refractivity contribution is 9.10. The Hall–Kier alpha value is -0.910. The molecule has 0 radical (unpaired) electrons. The number of hydrogen-bond donors (Lipinski definition) is 2. The van der Waals surface area contributed by atoms with Crippen LogP contribution >= 0.6 is 27.3 Å². The van der Waals surface area contributed by atoms with E-state index in [2.05, 4.69) is 26.2 Å². The average Bonchev–Trinajstić information content (AvgIpc) is 2.79. The summed E-state index contributed by atoms with van der Waals surface area (Å²) in [4.78, 5) is 4.19. The van der Waals surface area contributed by atoms with E-state index in [4.69, 9.17) is 0 Å². The van der Waals surface area contributed by atoms with Crippen molar-refractivity contribution in [3.63, 3.8) is 0 Å². The minimum absolute atomic E-state index is 0.0241. The molecule has 1 unspecified atom stereocenters. The monoisotopic (exact) mass is 298 g/mol. The van der Waals surface area contributed by atoms with Crippen molar-refractivity contribution in [2.45, 2.75) is 6.04 Å². The Morgan fingerprint density at radius 2 is 2.38 bits per heavy atom. The van der Waals surface area contributed by atoms with E-state index in [1.54, 1.807) is 5.51 Å². The molecule has 2 N–H and O–H groups in total. The molecule has 3 nitrogen and oxygen atoms in total. The maximum absolute atomic E-state index is 9.32. The van der Waals surface area contributed by atoms with Gasteiger partial charge in [-0.25, -0.2) is 4.98 Å². The first-order chi connectivity index (χ1) is 7.79. The standard InChI is InChI=1S/C11H11BrN2OS/c12-8-2-1-3-9(4-8)14-10(5-15)11-6-16-7-13-11/h1-4,6-7,10,14-15H,5H2. The van der Waals surface area contributed by atoms with Crippen LogP contribution in [0.1, 0.15) is 11.7 Å². The predicted molar refractivity (Wildman–Crippen MR) is 69.7 cm³/mol. The summed E-state index contributed by atoms with van der Waals surface area (Å²) in [5.74, 6) is 0. The molecule has 0 bridgehead atoms. The van der Waals surface area contributed by atoms with Gasteiger partial charge in [0.25, 0.3) is 0 Å². The van der Waals surface area contributed by atoms with Gasteiger partial charge in [0, 0.05) is 15.5 Å². The molecule has 2 rings (SSSR count). The zero-order valence-corrected chi connectivity index (χ0v) is 10.8. The molecule has 0 fully saturated rings. The van der Waals surface area contributed by atoms with Crippen molar-refractivity contribution < 1.29 is 5.11 Å². The van der Waals surface area contributed by atoms with Crippen LogP contribution in [0.2, 0.25) is 0 Å². The summed E-state index contributed by atoms with van der Waals surface area (Å²) in [5.41, 5.74) is 3.59. The molecule has 5 heteroatoms. The third kappa shape index (κ3) is 2.81. The van der Waals surface area contributed by atoms with Crippen molar-refractivity contribution in [1.29, 1.82) is 0 Å². The van der Waals surface area contributed by atoms with Gasteiger partial charge in [-0.2, -0.15) is 0 Å². The van der Waals surface area contributed by atoms with Gasteiger partial charge in [-0.1, -0.05) is 22.0 Å². The quantitative estimate of drug-likeness (QED) is 0.912. The van der Waals surface area contributed by atoms with Crippen LogP contribution in [0.15, 0.2) is 39.6 Å². The zero-order valence-electron chi connectivity index (χ0n) is 8.43. The van der Waals surface area contributed by atoms with Crippen LogP contribution in [0.4, 0.5) is 5.69 Å². The molecule has 1 aromatic heterocycles. The number of hydrogen-bond acceptors (Lipinski definition) is 4. The number of benzene rings is 1. The lowest BCUT2D eigenvalue weighted by molar-refractivity contribution is 0.274. The highest BCUT2D eigenvalue weighted by atomic mass is 79.9. The number of nitrogens with zero attached hydrogens (tertiary/aromatic N) is 1. The Balaban J connectivity index is 2.13. The van der Waals surface area contributed by atoms with Gasteiger partial charge in [0.05, 0.1) is 23.9 Å². The van der Waals surface area contributed by atoms with Crippen LogP contribution in [-0.2, 0) is 0 Å². The van der Waals surface area contributed by atoms with Crippen molar-refractivity contribution >= 4 is 33.0 Å². The predicted octanol–water partition coefficient (Wildman–Crippen LogP) is 3.05. The minimum Gasteiger partial charge on any atom is -0.394 e. The number of anilines is 1. The first-order valence-electron chi connectivity index (χ1n) is 4.80. The van der Waals surface area contributed by atoms with Crippen LogP contribution in [-0.4, -0.2) is 16.7 Å². The summed E-state index contributed by atoms with van der Waals surface area (Å²) in [5, 5.41) is 14.5. The fraction of sp³-hybridized carbons (Fsp3) is 0.182. The van der Waals surface area contributed by atoms with E-state index in [-0.39, 0.29) is 12.6 Å². The molecule has 0 saturated carbocycles. The Morgan fingerprint density at radius 1 is 1.50 bits per heavy atom. The van der Waals surface area contributed by atoms with E-state index in [1.165, 1.54) is 11.3 Å². The summed E-state index contributed by atoms with van der Waals surface area (Å²) < 4.78 is 1.01. The van der Waals surface area contributed by atoms with Crippen molar-refractivity contribution in [3.8, 4) is 0 Å². The number of aliphatic hydroxyl groups is 1. The fourth-order valence-corrected chi connectivity index (χ4v) is 2.39. The second-order valence-corrected chi connectivity index (χ2v) is 4.94. The van der Waals surface area contributed by atoms with Gasteiger partial charge in [0.1, 0.15) is 0 Å². The topological polar surface area (TPSA) is 45.1 Å². The molecular weight excluding hydrogens is 288 g/mol. The first kappa shape index (κ1) is 11.6. The lowest BCUT2D eigenvalue weighted by Gasteiger charge is -2.15. The minimum atomic E-state index is -0.152. The van der Waals surface area contributed by atoms with Gasteiger partial charge in [-0.05, 0) is 18.2 Å². The Kier molecular flexibility index (Phi) is 3.93. The number of thiazole rings is 1. The second kappa shape index (κ2) is 5.43. The van der Waals surface area contributed by atoms with Crippen molar-refractivity contribution in [3.05, 3.63) is 45.3 Å². The van der Waals surface area contributed by atoms with E-state index >= 15 is 0 Å². The van der Waals surface area contributed by atoms with Gasteiger partial charge in [-0.15, -0.1) is 11.3 Å². The molecule has 1 aromatic carbocycles. The van der Waals surface area contributed by atoms with Crippen molar-refractivity contribution in [2.75, 3.05) is 11.9 Å². The maximum atomic E-state index is 9.32. The van der Waals surface area contributed by atoms with Gasteiger partial charge >= 0.3 is 0 Å². The average molecular weight is 299 g/mol. The molecule has 0 aliphatic rings. The van der Waals surface area contributed by atoms with Crippen LogP contribution in [0.25, 0.3) is 0 Å². The number of aliphatic hydroxyl groups excluding tert-OH is 1. The number of nitrogens with one attached hydrogen (secondary N) is 1. The second-order valence-electron chi connectivity index (χ2n) is 3.30. The Morgan fingerprint density at radius 3 is 3.00 bits per heavy atom. The Labute approximate surface area is 106 Å². The highest BCUT2D eigenvalue weighted by Gasteiger charge is 2.11. The molecule has 0 aliphatic heterocycles. The molecule has 16 heavy (non-hydrogen) atoms. The SMILES string of the molecule is OCC(Nc1cccc(Br)c1)c1cscn1. The smallest absolute Gasteiger partial charge is 0.0926 e. The molecule has 0 saturated heterocycles. The van der Waals surface area contributed by atoms with E-state index in [1.807, 2.05) is 29.6 Å².